The van der Waals surface area contributed by atoms with Crippen LogP contribution in [0.15, 0.2) is 0 Å². The summed E-state index contributed by atoms with van der Waals surface area (Å²) < 4.78 is 9.53. The number of rotatable bonds is 2. The topological polar surface area (TPSA) is 103 Å². The Morgan fingerprint density at radius 3 is 2.07 bits per heavy atom. The van der Waals surface area contributed by atoms with Crippen LogP contribution in [0.3, 0.4) is 0 Å². The van der Waals surface area contributed by atoms with E-state index >= 15 is 0 Å². The summed E-state index contributed by atoms with van der Waals surface area (Å²) in [4.78, 5) is 0. The van der Waals surface area contributed by atoms with Crippen LogP contribution in [-0.2, 0) is 9.47 Å². The maximum Gasteiger partial charge on any atom is 0.114 e. The van der Waals surface area contributed by atoms with E-state index in [-0.39, 0.29) is 6.61 Å². The second-order valence-corrected chi connectivity index (χ2v) is 3.75. The van der Waals surface area contributed by atoms with Crippen LogP contribution in [0.2, 0.25) is 0 Å². The highest BCUT2D eigenvalue weighted by atomic mass is 16.6. The van der Waals surface area contributed by atoms with Gasteiger partial charge in [0.2, 0.25) is 0 Å². The number of ether oxygens (including phenoxy) is 2. The zero-order valence-corrected chi connectivity index (χ0v) is 8.61. The fraction of sp³-hybridized carbons (Fsp3) is 1.00. The van der Waals surface area contributed by atoms with Gasteiger partial charge < -0.3 is 29.9 Å². The van der Waals surface area contributed by atoms with Crippen molar-refractivity contribution in [3.8, 4) is 0 Å². The molecule has 0 aromatic rings. The van der Waals surface area contributed by atoms with E-state index in [0.29, 0.717) is 6.10 Å². The van der Waals surface area contributed by atoms with E-state index in [4.69, 9.17) is 29.9 Å². The minimum absolute atomic E-state index is 0.00287. The van der Waals surface area contributed by atoms with E-state index < -0.39 is 31.0 Å². The third-order valence-corrected chi connectivity index (χ3v) is 2.26. The van der Waals surface area contributed by atoms with E-state index in [1.54, 1.807) is 0 Å². The molecule has 0 spiro atoms. The van der Waals surface area contributed by atoms with Crippen molar-refractivity contribution >= 4 is 0 Å². The van der Waals surface area contributed by atoms with Gasteiger partial charge in [-0.25, -0.2) is 0 Å². The molecule has 0 aliphatic carbocycles. The molecule has 6 heteroatoms. The molecule has 90 valence electrons. The lowest BCUT2D eigenvalue weighted by Gasteiger charge is -2.18. The minimum atomic E-state index is -1.12. The van der Waals surface area contributed by atoms with Crippen molar-refractivity contribution < 1.29 is 29.9 Å². The second-order valence-electron chi connectivity index (χ2n) is 3.75. The average molecular weight is 222 g/mol. The molecule has 2 rings (SSSR count). The van der Waals surface area contributed by atoms with Crippen LogP contribution in [0.5, 0.6) is 0 Å². The number of epoxide rings is 1. The van der Waals surface area contributed by atoms with Gasteiger partial charge in [-0.2, -0.15) is 0 Å². The fourth-order valence-corrected chi connectivity index (χ4v) is 1.16. The highest BCUT2D eigenvalue weighted by Gasteiger charge is 2.38. The van der Waals surface area contributed by atoms with Gasteiger partial charge in [0.25, 0.3) is 0 Å². The summed E-state index contributed by atoms with van der Waals surface area (Å²) in [5, 5.41) is 35.5. The van der Waals surface area contributed by atoms with Gasteiger partial charge in [0, 0.05) is 0 Å². The van der Waals surface area contributed by atoms with Gasteiger partial charge in [0.05, 0.1) is 25.9 Å². The Labute approximate surface area is 88.1 Å². The SMILES string of the molecule is CC1CO1.OC[C@@H](O)[C@H]1OC[C@H](O)[C@H]1O. The molecule has 0 radical (unpaired) electrons. The second kappa shape index (κ2) is 5.74. The molecule has 2 aliphatic rings. The van der Waals surface area contributed by atoms with E-state index in [9.17, 15) is 0 Å². The number of aliphatic hydroxyl groups excluding tert-OH is 4. The summed E-state index contributed by atoms with van der Waals surface area (Å²) >= 11 is 0. The Kier molecular flexibility index (Phi) is 4.91. The molecule has 15 heavy (non-hydrogen) atoms. The highest BCUT2D eigenvalue weighted by Crippen LogP contribution is 2.16. The third-order valence-electron chi connectivity index (χ3n) is 2.26. The molecule has 0 saturated carbocycles. The molecule has 2 aliphatic heterocycles. The lowest BCUT2D eigenvalue weighted by molar-refractivity contribution is -0.0684. The van der Waals surface area contributed by atoms with Crippen molar-refractivity contribution in [2.24, 2.45) is 0 Å². The molecule has 6 nitrogen and oxygen atoms in total. The molecule has 2 saturated heterocycles. The Morgan fingerprint density at radius 1 is 1.27 bits per heavy atom. The van der Waals surface area contributed by atoms with E-state index in [1.165, 1.54) is 0 Å². The van der Waals surface area contributed by atoms with Gasteiger partial charge in [-0.15, -0.1) is 0 Å². The van der Waals surface area contributed by atoms with Crippen molar-refractivity contribution in [1.29, 1.82) is 0 Å². The van der Waals surface area contributed by atoms with E-state index in [2.05, 4.69) is 6.92 Å². The summed E-state index contributed by atoms with van der Waals surface area (Å²) in [7, 11) is 0. The largest absolute Gasteiger partial charge is 0.394 e. The van der Waals surface area contributed by atoms with E-state index in [1.807, 2.05) is 0 Å². The number of hydrogen-bond donors (Lipinski definition) is 4. The van der Waals surface area contributed by atoms with Crippen LogP contribution >= 0.6 is 0 Å². The van der Waals surface area contributed by atoms with Gasteiger partial charge in [-0.1, -0.05) is 0 Å². The minimum Gasteiger partial charge on any atom is -0.394 e. The maximum atomic E-state index is 9.11. The van der Waals surface area contributed by atoms with Crippen molar-refractivity contribution in [3.05, 3.63) is 0 Å². The molecule has 2 fully saturated rings. The highest BCUT2D eigenvalue weighted by molar-refractivity contribution is 4.87. The Morgan fingerprint density at radius 2 is 1.80 bits per heavy atom. The quantitative estimate of drug-likeness (QED) is 0.398. The Balaban J connectivity index is 0.000000234. The molecule has 0 bridgehead atoms. The standard InChI is InChI=1S/C6H12O5.C3H6O/c7-1-3(8)6-5(10)4(9)2-11-6;1-3-2-4-3/h3-10H,1-2H2;3H,2H2,1H3/t3-,4+,5-,6-;/m1./s1. The first kappa shape index (κ1) is 12.8. The summed E-state index contributed by atoms with van der Waals surface area (Å²) in [6.07, 6.45) is -3.46. The van der Waals surface area contributed by atoms with E-state index in [0.717, 1.165) is 6.61 Å². The monoisotopic (exact) mass is 222 g/mol. The van der Waals surface area contributed by atoms with Crippen molar-refractivity contribution in [3.63, 3.8) is 0 Å². The lowest BCUT2D eigenvalue weighted by Crippen LogP contribution is -2.40. The first-order valence-corrected chi connectivity index (χ1v) is 4.94. The molecular formula is C9H18O6. The van der Waals surface area contributed by atoms with Crippen molar-refractivity contribution in [2.75, 3.05) is 19.8 Å². The number of aliphatic hydroxyl groups is 4. The van der Waals surface area contributed by atoms with Crippen LogP contribution in [0.4, 0.5) is 0 Å². The zero-order chi connectivity index (χ0) is 11.4. The summed E-state index contributed by atoms with van der Waals surface area (Å²) in [6, 6.07) is 0. The third kappa shape index (κ3) is 4.02. The molecule has 0 aromatic heterocycles. The van der Waals surface area contributed by atoms with Crippen molar-refractivity contribution in [1.82, 2.24) is 0 Å². The molecular weight excluding hydrogens is 204 g/mol. The fourth-order valence-electron chi connectivity index (χ4n) is 1.16. The van der Waals surface area contributed by atoms with Crippen molar-refractivity contribution in [2.45, 2.75) is 37.4 Å². The smallest absolute Gasteiger partial charge is 0.114 e. The number of hydrogen-bond acceptors (Lipinski definition) is 6. The van der Waals surface area contributed by atoms with Crippen LogP contribution in [0, 0.1) is 0 Å². The molecule has 2 heterocycles. The van der Waals surface area contributed by atoms with Crippen LogP contribution in [0.25, 0.3) is 0 Å². The van der Waals surface area contributed by atoms with Crippen LogP contribution < -0.4 is 0 Å². The van der Waals surface area contributed by atoms with Gasteiger partial charge in [0.15, 0.2) is 0 Å². The zero-order valence-electron chi connectivity index (χ0n) is 8.61. The Bertz CT molecular complexity index is 183. The summed E-state index contributed by atoms with van der Waals surface area (Å²) in [5.41, 5.74) is 0. The van der Waals surface area contributed by atoms with Gasteiger partial charge in [-0.05, 0) is 6.92 Å². The first-order chi connectivity index (χ1) is 7.06. The van der Waals surface area contributed by atoms with Crippen LogP contribution in [0.1, 0.15) is 6.92 Å². The normalized spacial score (nSPS) is 40.6. The summed E-state index contributed by atoms with van der Waals surface area (Å²) in [5.74, 6) is 0. The molecule has 1 unspecified atom stereocenters. The predicted octanol–water partition coefficient (Wildman–Crippen LogP) is -2.13. The molecule has 5 atom stereocenters. The molecule has 0 aromatic carbocycles. The lowest BCUT2D eigenvalue weighted by atomic mass is 10.1. The molecule has 0 amide bonds. The summed E-state index contributed by atoms with van der Waals surface area (Å²) in [6.45, 7) is 2.57. The average Bonchev–Trinajstić information content (AvgIpc) is 2.93. The predicted molar refractivity (Wildman–Crippen MR) is 50.3 cm³/mol. The van der Waals surface area contributed by atoms with Crippen LogP contribution in [-0.4, -0.2) is 70.8 Å². The maximum absolute atomic E-state index is 9.11. The van der Waals surface area contributed by atoms with Gasteiger partial charge in [-0.3, -0.25) is 0 Å². The van der Waals surface area contributed by atoms with Gasteiger partial charge in [0.1, 0.15) is 24.4 Å². The Hall–Kier alpha value is -0.240. The van der Waals surface area contributed by atoms with Gasteiger partial charge >= 0.3 is 0 Å². The first-order valence-electron chi connectivity index (χ1n) is 4.94. The molecule has 4 N–H and O–H groups in total.